The Hall–Kier alpha value is -2.78. The molecule has 0 bridgehead atoms. The molecule has 9 heteroatoms. The van der Waals surface area contributed by atoms with Gasteiger partial charge in [0.2, 0.25) is 0 Å². The van der Waals surface area contributed by atoms with Crippen molar-refractivity contribution in [3.63, 3.8) is 0 Å². The zero-order valence-electron chi connectivity index (χ0n) is 17.7. The van der Waals surface area contributed by atoms with E-state index in [2.05, 4.69) is 9.30 Å². The second-order valence-corrected chi connectivity index (χ2v) is 8.88. The number of benzene rings is 1. The van der Waals surface area contributed by atoms with E-state index in [1.165, 1.54) is 18.9 Å². The predicted octanol–water partition coefficient (Wildman–Crippen LogP) is 3.52. The van der Waals surface area contributed by atoms with E-state index >= 15 is 0 Å². The molecule has 3 aromatic rings. The Morgan fingerprint density at radius 1 is 1.23 bits per heavy atom. The Morgan fingerprint density at radius 3 is 2.61 bits per heavy atom. The van der Waals surface area contributed by atoms with E-state index < -0.39 is 5.91 Å². The monoisotopic (exact) mass is 459 g/mol. The third-order valence-corrected chi connectivity index (χ3v) is 6.69. The summed E-state index contributed by atoms with van der Waals surface area (Å²) in [5.74, 6) is 1.22. The molecule has 0 unspecified atom stereocenters. The summed E-state index contributed by atoms with van der Waals surface area (Å²) in [6.07, 6.45) is 0.757. The molecule has 3 rings (SSSR count). The van der Waals surface area contributed by atoms with Crippen LogP contribution in [0.25, 0.3) is 11.4 Å². The first-order chi connectivity index (χ1) is 14.9. The summed E-state index contributed by atoms with van der Waals surface area (Å²) >= 11 is 3.09. The van der Waals surface area contributed by atoms with Gasteiger partial charge in [-0.15, -0.1) is 23.1 Å². The van der Waals surface area contributed by atoms with Crippen LogP contribution in [0.2, 0.25) is 0 Å². The maximum Gasteiger partial charge on any atom is 0.315 e. The summed E-state index contributed by atoms with van der Waals surface area (Å²) < 4.78 is 11.9. The van der Waals surface area contributed by atoms with Gasteiger partial charge in [-0.05, 0) is 30.7 Å². The normalized spacial score (nSPS) is 10.8. The van der Waals surface area contributed by atoms with Crippen molar-refractivity contribution in [2.45, 2.75) is 19.9 Å². The maximum atomic E-state index is 11.9. The SMILES string of the molecule is COC(=O)CSCCc1nc(-c2cc(C(N)=O)c(C)n2Cc2ccc(OC)cc2)cs1. The van der Waals surface area contributed by atoms with Crippen molar-refractivity contribution in [3.05, 3.63) is 57.5 Å². The van der Waals surface area contributed by atoms with Crippen LogP contribution in [0.3, 0.4) is 0 Å². The van der Waals surface area contributed by atoms with E-state index in [-0.39, 0.29) is 5.97 Å². The van der Waals surface area contributed by atoms with Crippen LogP contribution < -0.4 is 10.5 Å². The van der Waals surface area contributed by atoms with Crippen LogP contribution in [0, 0.1) is 6.92 Å². The molecule has 164 valence electrons. The minimum atomic E-state index is -0.457. The lowest BCUT2D eigenvalue weighted by molar-refractivity contribution is -0.137. The maximum absolute atomic E-state index is 11.9. The highest BCUT2D eigenvalue weighted by Crippen LogP contribution is 2.29. The Labute approximate surface area is 189 Å². The highest BCUT2D eigenvalue weighted by Gasteiger charge is 2.19. The molecule has 0 aliphatic heterocycles. The van der Waals surface area contributed by atoms with E-state index in [0.29, 0.717) is 17.9 Å². The first-order valence-electron chi connectivity index (χ1n) is 9.65. The smallest absolute Gasteiger partial charge is 0.315 e. The van der Waals surface area contributed by atoms with Crippen LogP contribution in [0.5, 0.6) is 5.75 Å². The fourth-order valence-corrected chi connectivity index (χ4v) is 4.83. The van der Waals surface area contributed by atoms with Crippen molar-refractivity contribution in [2.75, 3.05) is 25.7 Å². The van der Waals surface area contributed by atoms with E-state index in [1.807, 2.05) is 42.6 Å². The van der Waals surface area contributed by atoms with Gasteiger partial charge in [0.15, 0.2) is 0 Å². The molecule has 2 N–H and O–H groups in total. The van der Waals surface area contributed by atoms with Gasteiger partial charge in [-0.25, -0.2) is 4.98 Å². The Bertz CT molecular complexity index is 1060. The van der Waals surface area contributed by atoms with Gasteiger partial charge in [0.05, 0.1) is 41.9 Å². The van der Waals surface area contributed by atoms with Crippen LogP contribution in [-0.2, 0) is 22.5 Å². The Balaban J connectivity index is 1.81. The number of amides is 1. The lowest BCUT2D eigenvalue weighted by Gasteiger charge is -2.11. The highest BCUT2D eigenvalue weighted by molar-refractivity contribution is 7.99. The van der Waals surface area contributed by atoms with Gasteiger partial charge in [0.25, 0.3) is 5.91 Å². The van der Waals surface area contributed by atoms with Gasteiger partial charge in [-0.2, -0.15) is 0 Å². The van der Waals surface area contributed by atoms with E-state index in [9.17, 15) is 9.59 Å². The van der Waals surface area contributed by atoms with Gasteiger partial charge in [0, 0.05) is 29.8 Å². The summed E-state index contributed by atoms with van der Waals surface area (Å²) in [4.78, 5) is 27.9. The molecule has 7 nitrogen and oxygen atoms in total. The summed E-state index contributed by atoms with van der Waals surface area (Å²) in [5, 5.41) is 2.97. The quantitative estimate of drug-likeness (QED) is 0.368. The molecule has 0 saturated heterocycles. The highest BCUT2D eigenvalue weighted by atomic mass is 32.2. The number of rotatable bonds is 10. The molecule has 1 amide bonds. The Morgan fingerprint density at radius 2 is 1.97 bits per heavy atom. The van der Waals surface area contributed by atoms with Crippen LogP contribution in [0.4, 0.5) is 0 Å². The lowest BCUT2D eigenvalue weighted by Crippen LogP contribution is -2.12. The van der Waals surface area contributed by atoms with Crippen molar-refractivity contribution in [2.24, 2.45) is 5.73 Å². The molecule has 31 heavy (non-hydrogen) atoms. The number of carbonyl (C=O) groups excluding carboxylic acids is 2. The minimum Gasteiger partial charge on any atom is -0.497 e. The van der Waals surface area contributed by atoms with Gasteiger partial charge < -0.3 is 19.8 Å². The van der Waals surface area contributed by atoms with Crippen molar-refractivity contribution in [1.82, 2.24) is 9.55 Å². The molecular weight excluding hydrogens is 434 g/mol. The van der Waals surface area contributed by atoms with Crippen molar-refractivity contribution < 1.29 is 19.1 Å². The van der Waals surface area contributed by atoms with Crippen LogP contribution in [-0.4, -0.2) is 47.2 Å². The summed E-state index contributed by atoms with van der Waals surface area (Å²) in [5.41, 5.74) is 9.64. The van der Waals surface area contributed by atoms with E-state index in [1.54, 1.807) is 18.4 Å². The van der Waals surface area contributed by atoms with Gasteiger partial charge >= 0.3 is 5.97 Å². The lowest BCUT2D eigenvalue weighted by atomic mass is 10.2. The number of aromatic nitrogens is 2. The Kier molecular flexibility index (Phi) is 7.75. The molecule has 0 aliphatic carbocycles. The molecular formula is C22H25N3O4S2. The number of ether oxygens (including phenoxy) is 2. The number of methoxy groups -OCH3 is 2. The first kappa shape index (κ1) is 22.9. The number of carbonyl (C=O) groups is 2. The van der Waals surface area contributed by atoms with Crippen molar-refractivity contribution in [3.8, 4) is 17.1 Å². The standard InChI is InChI=1S/C22H25N3O4S2/c1-14-17(22(23)27)10-19(25(14)11-15-4-6-16(28-2)7-5-15)18-12-31-20(24-18)8-9-30-13-21(26)29-3/h4-7,10,12H,8-9,11,13H2,1-3H3,(H2,23,27). The molecule has 1 aromatic carbocycles. The third kappa shape index (κ3) is 5.68. The average Bonchev–Trinajstić information content (AvgIpc) is 3.36. The number of aryl methyl sites for hydroxylation is 1. The number of nitrogens with two attached hydrogens (primary N) is 1. The molecule has 2 aromatic heterocycles. The largest absolute Gasteiger partial charge is 0.497 e. The van der Waals surface area contributed by atoms with Gasteiger partial charge in [0.1, 0.15) is 5.75 Å². The van der Waals surface area contributed by atoms with Crippen LogP contribution >= 0.6 is 23.1 Å². The molecule has 0 fully saturated rings. The summed E-state index contributed by atoms with van der Waals surface area (Å²) in [6, 6.07) is 9.63. The zero-order chi connectivity index (χ0) is 22.4. The second kappa shape index (κ2) is 10.5. The fraction of sp³-hybridized carbons (Fsp3) is 0.318. The molecule has 0 spiro atoms. The third-order valence-electron chi connectivity index (χ3n) is 4.85. The molecule has 2 heterocycles. The zero-order valence-corrected chi connectivity index (χ0v) is 19.3. The number of thioether (sulfide) groups is 1. The predicted molar refractivity (Wildman–Crippen MR) is 124 cm³/mol. The van der Waals surface area contributed by atoms with E-state index in [4.69, 9.17) is 15.5 Å². The minimum absolute atomic E-state index is 0.226. The summed E-state index contributed by atoms with van der Waals surface area (Å²) in [7, 11) is 3.02. The number of hydrogen-bond donors (Lipinski definition) is 1. The van der Waals surface area contributed by atoms with E-state index in [0.717, 1.165) is 45.6 Å². The first-order valence-corrected chi connectivity index (χ1v) is 11.7. The number of hydrogen-bond acceptors (Lipinski definition) is 7. The van der Waals surface area contributed by atoms with Gasteiger partial charge in [-0.1, -0.05) is 12.1 Å². The average molecular weight is 460 g/mol. The van der Waals surface area contributed by atoms with Crippen molar-refractivity contribution in [1.29, 1.82) is 0 Å². The fourth-order valence-electron chi connectivity index (χ4n) is 3.14. The molecule has 0 aliphatic rings. The number of thiazole rings is 1. The summed E-state index contributed by atoms with van der Waals surface area (Å²) in [6.45, 7) is 2.48. The topological polar surface area (TPSA) is 96.4 Å². The number of nitrogens with zero attached hydrogens (tertiary/aromatic N) is 2. The molecule has 0 saturated carbocycles. The van der Waals surface area contributed by atoms with Crippen LogP contribution in [0.15, 0.2) is 35.7 Å². The van der Waals surface area contributed by atoms with Crippen LogP contribution in [0.1, 0.15) is 26.6 Å². The number of esters is 1. The number of primary amides is 1. The molecule has 0 radical (unpaired) electrons. The van der Waals surface area contributed by atoms with Gasteiger partial charge in [-0.3, -0.25) is 9.59 Å². The van der Waals surface area contributed by atoms with Crippen molar-refractivity contribution >= 4 is 35.0 Å². The second-order valence-electron chi connectivity index (χ2n) is 6.83. The molecule has 0 atom stereocenters.